The van der Waals surface area contributed by atoms with Crippen LogP contribution in [0.2, 0.25) is 0 Å². The Balaban J connectivity index is 2.70. The van der Waals surface area contributed by atoms with Gasteiger partial charge in [-0.05, 0) is 45.2 Å². The molecule has 2 atom stereocenters. The molecule has 0 aliphatic carbocycles. The lowest BCUT2D eigenvalue weighted by atomic mass is 10.0. The van der Waals surface area contributed by atoms with Gasteiger partial charge in [-0.25, -0.2) is 4.79 Å². The Labute approximate surface area is 106 Å². The van der Waals surface area contributed by atoms with Crippen molar-refractivity contribution in [2.75, 3.05) is 6.54 Å². The third kappa shape index (κ3) is 4.15. The Hall–Kier alpha value is -0.840. The van der Waals surface area contributed by atoms with E-state index >= 15 is 0 Å². The predicted molar refractivity (Wildman–Crippen MR) is 66.0 cm³/mol. The third-order valence-electron chi connectivity index (χ3n) is 2.60. The molecular weight excluding hydrogens is 244 g/mol. The molecule has 0 aromatic carbocycles. The van der Waals surface area contributed by atoms with Crippen LogP contribution in [0.4, 0.5) is 4.79 Å². The molecule has 1 heterocycles. The number of hydrogen-bond acceptors (Lipinski definition) is 4. The van der Waals surface area contributed by atoms with Crippen LogP contribution in [0.15, 0.2) is 5.18 Å². The fraction of sp³-hybridized carbons (Fsp3) is 0.909. The Morgan fingerprint density at radius 3 is 2.65 bits per heavy atom. The minimum Gasteiger partial charge on any atom is -0.444 e. The number of ether oxygens (including phenoxy) is 1. The number of carbonyl (C=O) groups is 1. The summed E-state index contributed by atoms with van der Waals surface area (Å²) in [6.45, 7) is 5.98. The zero-order chi connectivity index (χ0) is 13.1. The second kappa shape index (κ2) is 5.67. The molecule has 17 heavy (non-hydrogen) atoms. The van der Waals surface area contributed by atoms with Gasteiger partial charge < -0.3 is 9.64 Å². The minimum atomic E-state index is -0.900. The highest BCUT2D eigenvalue weighted by Crippen LogP contribution is 2.25. The summed E-state index contributed by atoms with van der Waals surface area (Å²) >= 11 is 5.83. The first-order valence-corrected chi connectivity index (χ1v) is 6.25. The summed E-state index contributed by atoms with van der Waals surface area (Å²) in [6.07, 6.45) is 2.12. The van der Waals surface area contributed by atoms with E-state index in [1.807, 2.05) is 0 Å². The molecule has 2 unspecified atom stereocenters. The molecule has 6 heteroatoms. The van der Waals surface area contributed by atoms with Crippen molar-refractivity contribution in [3.8, 4) is 0 Å². The number of carbonyl (C=O) groups excluding carboxylic acids is 1. The molecule has 1 saturated heterocycles. The van der Waals surface area contributed by atoms with Gasteiger partial charge in [0.05, 0.1) is 6.04 Å². The molecule has 0 aromatic heterocycles. The van der Waals surface area contributed by atoms with E-state index in [1.54, 1.807) is 20.8 Å². The molecular formula is C11H19ClN2O3. The molecule has 1 amide bonds. The molecule has 0 saturated carbocycles. The lowest BCUT2D eigenvalue weighted by molar-refractivity contribution is 0.00956. The number of nitrogens with zero attached hydrogens (tertiary/aromatic N) is 2. The zero-order valence-electron chi connectivity index (χ0n) is 10.5. The Bertz CT molecular complexity index is 291. The van der Waals surface area contributed by atoms with E-state index in [1.165, 1.54) is 4.90 Å². The summed E-state index contributed by atoms with van der Waals surface area (Å²) in [6, 6.07) is -0.349. The summed E-state index contributed by atoms with van der Waals surface area (Å²) in [5.41, 5.74) is -1.45. The van der Waals surface area contributed by atoms with Crippen LogP contribution in [0.5, 0.6) is 0 Å². The van der Waals surface area contributed by atoms with Crippen LogP contribution < -0.4 is 0 Å². The van der Waals surface area contributed by atoms with Gasteiger partial charge in [-0.2, -0.15) is 0 Å². The van der Waals surface area contributed by atoms with Crippen molar-refractivity contribution in [3.63, 3.8) is 0 Å². The van der Waals surface area contributed by atoms with Crippen LogP contribution in [0, 0.1) is 4.91 Å². The maximum Gasteiger partial charge on any atom is 0.410 e. The average Bonchev–Trinajstić information content (AvgIpc) is 2.25. The van der Waals surface area contributed by atoms with Crippen molar-refractivity contribution in [1.29, 1.82) is 0 Å². The van der Waals surface area contributed by atoms with Crippen molar-refractivity contribution in [2.24, 2.45) is 5.18 Å². The largest absolute Gasteiger partial charge is 0.444 e. The van der Waals surface area contributed by atoms with Gasteiger partial charge in [0.1, 0.15) is 5.60 Å². The molecule has 0 radical (unpaired) electrons. The molecule has 1 aliphatic heterocycles. The highest BCUT2D eigenvalue weighted by atomic mass is 35.5. The van der Waals surface area contributed by atoms with Crippen LogP contribution in [0.25, 0.3) is 0 Å². The normalized spacial score (nSPS) is 23.1. The highest BCUT2D eigenvalue weighted by molar-refractivity contribution is 6.21. The second-order valence-corrected chi connectivity index (χ2v) is 5.66. The summed E-state index contributed by atoms with van der Waals surface area (Å²) in [4.78, 5) is 24.0. The Morgan fingerprint density at radius 1 is 1.47 bits per heavy atom. The second-order valence-electron chi connectivity index (χ2n) is 5.21. The average molecular weight is 263 g/mol. The maximum absolute atomic E-state index is 11.9. The molecule has 5 nitrogen and oxygen atoms in total. The summed E-state index contributed by atoms with van der Waals surface area (Å²) < 4.78 is 5.29. The van der Waals surface area contributed by atoms with E-state index in [-0.39, 0.29) is 6.04 Å². The topological polar surface area (TPSA) is 59.0 Å². The number of amides is 1. The van der Waals surface area contributed by atoms with Gasteiger partial charge in [-0.15, -0.1) is 4.91 Å². The monoisotopic (exact) mass is 262 g/mol. The fourth-order valence-corrected chi connectivity index (χ4v) is 2.12. The molecule has 98 valence electrons. The molecule has 0 aromatic rings. The van der Waals surface area contributed by atoms with E-state index in [9.17, 15) is 9.70 Å². The number of rotatable bonds is 2. The fourth-order valence-electron chi connectivity index (χ4n) is 1.86. The van der Waals surface area contributed by atoms with E-state index in [0.717, 1.165) is 12.8 Å². The smallest absolute Gasteiger partial charge is 0.410 e. The number of likely N-dealkylation sites (tertiary alicyclic amines) is 1. The van der Waals surface area contributed by atoms with Gasteiger partial charge in [0, 0.05) is 6.54 Å². The van der Waals surface area contributed by atoms with Crippen LogP contribution in [0.3, 0.4) is 0 Å². The van der Waals surface area contributed by atoms with Gasteiger partial charge in [-0.3, -0.25) is 0 Å². The molecule has 1 rings (SSSR count). The molecule has 1 fully saturated rings. The van der Waals surface area contributed by atoms with E-state index in [4.69, 9.17) is 16.3 Å². The van der Waals surface area contributed by atoms with Gasteiger partial charge >= 0.3 is 6.09 Å². The van der Waals surface area contributed by atoms with Crippen LogP contribution in [0.1, 0.15) is 40.0 Å². The van der Waals surface area contributed by atoms with Crippen molar-refractivity contribution in [1.82, 2.24) is 4.90 Å². The first kappa shape index (κ1) is 14.2. The molecule has 0 N–H and O–H groups in total. The number of alkyl halides is 1. The maximum atomic E-state index is 11.9. The zero-order valence-corrected chi connectivity index (χ0v) is 11.2. The Morgan fingerprint density at radius 2 is 2.12 bits per heavy atom. The third-order valence-corrected chi connectivity index (χ3v) is 2.97. The number of nitroso groups, excluding NO2 is 1. The number of piperidine rings is 1. The van der Waals surface area contributed by atoms with Crippen molar-refractivity contribution < 1.29 is 9.53 Å². The van der Waals surface area contributed by atoms with Gasteiger partial charge in [-0.1, -0.05) is 11.6 Å². The minimum absolute atomic E-state index is 0.349. The number of hydrogen-bond donors (Lipinski definition) is 0. The molecule has 1 aliphatic rings. The quantitative estimate of drug-likeness (QED) is 0.436. The SMILES string of the molecule is CC(C)(C)OC(=O)N1CCCCC1C(Cl)N=O. The lowest BCUT2D eigenvalue weighted by Gasteiger charge is -2.36. The molecule has 0 bridgehead atoms. The van der Waals surface area contributed by atoms with Crippen molar-refractivity contribution in [2.45, 2.75) is 57.2 Å². The van der Waals surface area contributed by atoms with Crippen LogP contribution in [-0.2, 0) is 4.74 Å². The first-order chi connectivity index (χ1) is 7.85. The summed E-state index contributed by atoms with van der Waals surface area (Å²) in [5, 5.41) is 2.81. The first-order valence-electron chi connectivity index (χ1n) is 5.81. The van der Waals surface area contributed by atoms with Crippen LogP contribution >= 0.6 is 11.6 Å². The van der Waals surface area contributed by atoms with Gasteiger partial charge in [0.2, 0.25) is 0 Å². The summed E-state index contributed by atoms with van der Waals surface area (Å²) in [5.74, 6) is 0. The highest BCUT2D eigenvalue weighted by Gasteiger charge is 2.35. The lowest BCUT2D eigenvalue weighted by Crippen LogP contribution is -2.49. The van der Waals surface area contributed by atoms with Gasteiger partial charge in [0.25, 0.3) is 0 Å². The van der Waals surface area contributed by atoms with Crippen LogP contribution in [-0.4, -0.2) is 34.7 Å². The number of halogens is 1. The van der Waals surface area contributed by atoms with E-state index in [0.29, 0.717) is 13.0 Å². The van der Waals surface area contributed by atoms with E-state index in [2.05, 4.69) is 5.18 Å². The van der Waals surface area contributed by atoms with Crippen molar-refractivity contribution in [3.05, 3.63) is 4.91 Å². The van der Waals surface area contributed by atoms with Gasteiger partial charge in [0.15, 0.2) is 5.50 Å². The standard InChI is InChI=1S/C11H19ClN2O3/c1-11(2,3)17-10(15)14-7-5-4-6-8(14)9(12)13-16/h8-9H,4-7H2,1-3H3. The van der Waals surface area contributed by atoms with E-state index < -0.39 is 17.2 Å². The van der Waals surface area contributed by atoms with Crippen molar-refractivity contribution >= 4 is 17.7 Å². The predicted octanol–water partition coefficient (Wildman–Crippen LogP) is 3.11. The summed E-state index contributed by atoms with van der Waals surface area (Å²) in [7, 11) is 0. The Kier molecular flexibility index (Phi) is 4.74. The molecule has 0 spiro atoms.